The molecule has 0 aliphatic heterocycles. The summed E-state index contributed by atoms with van der Waals surface area (Å²) in [5.74, 6) is 0.746. The Hall–Kier alpha value is -0.940. The maximum atomic E-state index is 5.56. The van der Waals surface area contributed by atoms with E-state index in [1.807, 2.05) is 12.3 Å². The number of aryl methyl sites for hydroxylation is 1. The van der Waals surface area contributed by atoms with Crippen molar-refractivity contribution < 1.29 is 0 Å². The number of H-pyrrole nitrogens is 1. The number of thiazole rings is 1. The molecule has 2 aromatic heterocycles. The minimum Gasteiger partial charge on any atom is -0.261 e. The van der Waals surface area contributed by atoms with Crippen molar-refractivity contribution >= 4 is 22.9 Å². The Labute approximate surface area is 84.0 Å². The van der Waals surface area contributed by atoms with Crippen molar-refractivity contribution in [2.75, 3.05) is 0 Å². The quantitative estimate of drug-likeness (QED) is 0.830. The Morgan fingerprint density at radius 1 is 1.54 bits per heavy atom. The second-order valence-corrected chi connectivity index (χ2v) is 3.99. The van der Waals surface area contributed by atoms with Crippen molar-refractivity contribution in [2.45, 2.75) is 13.3 Å². The van der Waals surface area contributed by atoms with Gasteiger partial charge in [-0.1, -0.05) is 0 Å². The van der Waals surface area contributed by atoms with Gasteiger partial charge in [0.05, 0.1) is 17.1 Å². The van der Waals surface area contributed by atoms with Gasteiger partial charge in [-0.15, -0.1) is 16.4 Å². The van der Waals surface area contributed by atoms with Crippen LogP contribution in [0.4, 0.5) is 0 Å². The molecule has 2 rings (SSSR count). The molecule has 0 aliphatic rings. The summed E-state index contributed by atoms with van der Waals surface area (Å²) < 4.78 is 0. The van der Waals surface area contributed by atoms with E-state index >= 15 is 0 Å². The number of nitrogens with one attached hydrogen (secondary N) is 1. The molecular formula is C7H7ClN4S. The monoisotopic (exact) mass is 214 g/mol. The third-order valence-corrected chi connectivity index (χ3v) is 2.51. The van der Waals surface area contributed by atoms with Crippen LogP contribution in [0.25, 0.3) is 0 Å². The first-order valence-electron chi connectivity index (χ1n) is 3.72. The number of hydrogen-bond donors (Lipinski definition) is 1. The first kappa shape index (κ1) is 8.65. The second-order valence-electron chi connectivity index (χ2n) is 2.59. The fraction of sp³-hybridized carbons (Fsp3) is 0.286. The zero-order valence-corrected chi connectivity index (χ0v) is 8.48. The van der Waals surface area contributed by atoms with Crippen LogP contribution in [0.15, 0.2) is 5.38 Å². The molecule has 0 bridgehead atoms. The highest BCUT2D eigenvalue weighted by atomic mass is 35.5. The summed E-state index contributed by atoms with van der Waals surface area (Å²) in [6, 6.07) is 0. The molecule has 68 valence electrons. The van der Waals surface area contributed by atoms with Crippen LogP contribution >= 0.6 is 22.9 Å². The lowest BCUT2D eigenvalue weighted by Crippen LogP contribution is -1.90. The Kier molecular flexibility index (Phi) is 2.28. The van der Waals surface area contributed by atoms with Crippen LogP contribution in [0.2, 0.25) is 5.28 Å². The number of nitrogens with zero attached hydrogens (tertiary/aromatic N) is 3. The van der Waals surface area contributed by atoms with Gasteiger partial charge in [0.25, 0.3) is 0 Å². The van der Waals surface area contributed by atoms with Crippen molar-refractivity contribution in [3.63, 3.8) is 0 Å². The normalized spacial score (nSPS) is 10.6. The number of halogens is 1. The van der Waals surface area contributed by atoms with E-state index in [0.29, 0.717) is 6.42 Å². The fourth-order valence-electron chi connectivity index (χ4n) is 1.01. The zero-order valence-electron chi connectivity index (χ0n) is 6.91. The third kappa shape index (κ3) is 2.05. The summed E-state index contributed by atoms with van der Waals surface area (Å²) in [4.78, 5) is 8.28. The molecule has 0 aromatic carbocycles. The number of hydrogen-bond acceptors (Lipinski definition) is 4. The molecule has 0 atom stereocenters. The Morgan fingerprint density at radius 3 is 2.92 bits per heavy atom. The van der Waals surface area contributed by atoms with E-state index in [2.05, 4.69) is 20.2 Å². The summed E-state index contributed by atoms with van der Waals surface area (Å²) in [7, 11) is 0. The predicted molar refractivity (Wildman–Crippen MR) is 51.0 cm³/mol. The Balaban J connectivity index is 2.14. The minimum absolute atomic E-state index is 0.252. The van der Waals surface area contributed by atoms with Crippen molar-refractivity contribution in [3.05, 3.63) is 27.2 Å². The molecule has 0 aliphatic carbocycles. The van der Waals surface area contributed by atoms with E-state index in [1.165, 1.54) is 0 Å². The van der Waals surface area contributed by atoms with E-state index in [9.17, 15) is 0 Å². The minimum atomic E-state index is 0.252. The van der Waals surface area contributed by atoms with Gasteiger partial charge in [0.15, 0.2) is 0 Å². The summed E-state index contributed by atoms with van der Waals surface area (Å²) in [6.45, 7) is 1.97. The van der Waals surface area contributed by atoms with Crippen LogP contribution in [-0.2, 0) is 6.42 Å². The molecule has 0 spiro atoms. The SMILES string of the molecule is Cc1nc(Cc2nc(Cl)n[nH]2)cs1. The fourth-order valence-corrected chi connectivity index (χ4v) is 1.77. The molecule has 4 nitrogen and oxygen atoms in total. The Bertz CT molecular complexity index is 370. The highest BCUT2D eigenvalue weighted by Crippen LogP contribution is 2.11. The van der Waals surface area contributed by atoms with E-state index in [1.54, 1.807) is 11.3 Å². The van der Waals surface area contributed by atoms with Gasteiger partial charge >= 0.3 is 0 Å². The number of rotatable bonds is 2. The molecule has 2 heterocycles. The van der Waals surface area contributed by atoms with Crippen LogP contribution in [0.1, 0.15) is 16.5 Å². The van der Waals surface area contributed by atoms with E-state index in [4.69, 9.17) is 11.6 Å². The number of aromatic amines is 1. The van der Waals surface area contributed by atoms with Gasteiger partial charge in [0, 0.05) is 5.38 Å². The molecule has 0 unspecified atom stereocenters. The van der Waals surface area contributed by atoms with Gasteiger partial charge < -0.3 is 0 Å². The molecule has 2 aromatic rings. The topological polar surface area (TPSA) is 54.5 Å². The second kappa shape index (κ2) is 3.43. The highest BCUT2D eigenvalue weighted by Gasteiger charge is 2.04. The van der Waals surface area contributed by atoms with Crippen LogP contribution in [0.3, 0.4) is 0 Å². The molecule has 0 saturated heterocycles. The lowest BCUT2D eigenvalue weighted by atomic mass is 10.3. The smallest absolute Gasteiger partial charge is 0.242 e. The summed E-state index contributed by atoms with van der Waals surface area (Å²) in [5, 5.41) is 9.77. The predicted octanol–water partition coefficient (Wildman–Crippen LogP) is 1.81. The molecule has 0 amide bonds. The Morgan fingerprint density at radius 2 is 2.38 bits per heavy atom. The van der Waals surface area contributed by atoms with Crippen molar-refractivity contribution in [1.29, 1.82) is 0 Å². The maximum absolute atomic E-state index is 5.56. The first-order chi connectivity index (χ1) is 6.24. The summed E-state index contributed by atoms with van der Waals surface area (Å²) >= 11 is 7.18. The van der Waals surface area contributed by atoms with Crippen LogP contribution in [0.5, 0.6) is 0 Å². The van der Waals surface area contributed by atoms with Gasteiger partial charge in [0.2, 0.25) is 5.28 Å². The standard InChI is InChI=1S/C7H7ClN4S/c1-4-9-5(3-13-4)2-6-10-7(8)12-11-6/h3H,2H2,1H3,(H,10,11,12). The third-order valence-electron chi connectivity index (χ3n) is 1.52. The molecule has 6 heteroatoms. The highest BCUT2D eigenvalue weighted by molar-refractivity contribution is 7.09. The lowest BCUT2D eigenvalue weighted by Gasteiger charge is -1.88. The van der Waals surface area contributed by atoms with Gasteiger partial charge in [-0.25, -0.2) is 9.97 Å². The van der Waals surface area contributed by atoms with Gasteiger partial charge in [0.1, 0.15) is 5.82 Å². The molecule has 0 fully saturated rings. The van der Waals surface area contributed by atoms with Crippen molar-refractivity contribution in [3.8, 4) is 0 Å². The average molecular weight is 215 g/mol. The van der Waals surface area contributed by atoms with E-state index in [-0.39, 0.29) is 5.28 Å². The van der Waals surface area contributed by atoms with Crippen LogP contribution in [-0.4, -0.2) is 20.2 Å². The van der Waals surface area contributed by atoms with Crippen LogP contribution in [0, 0.1) is 6.92 Å². The maximum Gasteiger partial charge on any atom is 0.242 e. The van der Waals surface area contributed by atoms with E-state index in [0.717, 1.165) is 16.5 Å². The van der Waals surface area contributed by atoms with Gasteiger partial charge in [-0.05, 0) is 18.5 Å². The molecule has 1 N–H and O–H groups in total. The van der Waals surface area contributed by atoms with Crippen LogP contribution < -0.4 is 0 Å². The number of aromatic nitrogens is 4. The van der Waals surface area contributed by atoms with Gasteiger partial charge in [-0.3, -0.25) is 5.10 Å². The molecule has 0 radical (unpaired) electrons. The van der Waals surface area contributed by atoms with E-state index < -0.39 is 0 Å². The largest absolute Gasteiger partial charge is 0.261 e. The first-order valence-corrected chi connectivity index (χ1v) is 4.97. The lowest BCUT2D eigenvalue weighted by molar-refractivity contribution is 0.946. The van der Waals surface area contributed by atoms with Crippen molar-refractivity contribution in [1.82, 2.24) is 20.2 Å². The zero-order chi connectivity index (χ0) is 9.26. The van der Waals surface area contributed by atoms with Gasteiger partial charge in [-0.2, -0.15) is 0 Å². The van der Waals surface area contributed by atoms with Crippen molar-refractivity contribution in [2.24, 2.45) is 0 Å². The molecule has 13 heavy (non-hydrogen) atoms. The average Bonchev–Trinajstić information content (AvgIpc) is 2.62. The summed E-state index contributed by atoms with van der Waals surface area (Å²) in [6.07, 6.45) is 0.657. The summed E-state index contributed by atoms with van der Waals surface area (Å²) in [5.41, 5.74) is 0.996. The molecular weight excluding hydrogens is 208 g/mol. The molecule has 0 saturated carbocycles.